The van der Waals surface area contributed by atoms with Crippen LogP contribution in [0.2, 0.25) is 0 Å². The second-order valence-electron chi connectivity index (χ2n) is 6.27. The fraction of sp³-hybridized carbons (Fsp3) is 0.400. The maximum Gasteiger partial charge on any atom is 0.0451 e. The number of alkyl halides is 1. The SMILES string of the molecule is CCC1(C(Br)c2ccc(-c3ccccc3)cc2)CCCC1. The van der Waals surface area contributed by atoms with E-state index in [0.717, 1.165) is 0 Å². The molecule has 0 heterocycles. The first-order chi connectivity index (χ1) is 10.2. The maximum absolute atomic E-state index is 4.01. The van der Waals surface area contributed by atoms with Gasteiger partial charge in [-0.3, -0.25) is 0 Å². The Morgan fingerprint density at radius 3 is 2.05 bits per heavy atom. The van der Waals surface area contributed by atoms with Gasteiger partial charge in [-0.15, -0.1) is 0 Å². The van der Waals surface area contributed by atoms with Gasteiger partial charge in [-0.25, -0.2) is 0 Å². The lowest BCUT2D eigenvalue weighted by molar-refractivity contribution is 0.279. The number of rotatable bonds is 4. The minimum absolute atomic E-state index is 0.467. The van der Waals surface area contributed by atoms with Crippen LogP contribution in [0.15, 0.2) is 54.6 Å². The summed E-state index contributed by atoms with van der Waals surface area (Å²) in [5.74, 6) is 0. The highest BCUT2D eigenvalue weighted by Crippen LogP contribution is 2.54. The zero-order chi connectivity index (χ0) is 14.7. The molecule has 21 heavy (non-hydrogen) atoms. The van der Waals surface area contributed by atoms with Gasteiger partial charge in [0.25, 0.3) is 0 Å². The maximum atomic E-state index is 4.01. The number of halogens is 1. The first-order valence-electron chi connectivity index (χ1n) is 8.05. The average molecular weight is 343 g/mol. The van der Waals surface area contributed by atoms with Crippen molar-refractivity contribution in [3.05, 3.63) is 60.2 Å². The summed E-state index contributed by atoms with van der Waals surface area (Å²) in [5.41, 5.74) is 4.49. The standard InChI is InChI=1S/C20H23Br/c1-2-20(14-6-7-15-20)19(21)18-12-10-17(11-13-18)16-8-4-3-5-9-16/h3-5,8-13,19H,2,6-7,14-15H2,1H3. The van der Waals surface area contributed by atoms with Gasteiger partial charge in [0.2, 0.25) is 0 Å². The van der Waals surface area contributed by atoms with Crippen LogP contribution in [0.3, 0.4) is 0 Å². The van der Waals surface area contributed by atoms with Crippen molar-refractivity contribution in [2.45, 2.75) is 43.9 Å². The van der Waals surface area contributed by atoms with Crippen molar-refractivity contribution in [2.24, 2.45) is 5.41 Å². The molecular weight excluding hydrogens is 320 g/mol. The van der Waals surface area contributed by atoms with Crippen molar-refractivity contribution in [2.75, 3.05) is 0 Å². The van der Waals surface area contributed by atoms with E-state index in [1.807, 2.05) is 0 Å². The Bertz CT molecular complexity index is 565. The van der Waals surface area contributed by atoms with Crippen molar-refractivity contribution >= 4 is 15.9 Å². The van der Waals surface area contributed by atoms with Crippen molar-refractivity contribution in [1.29, 1.82) is 0 Å². The normalized spacial score (nSPS) is 18.6. The summed E-state index contributed by atoms with van der Waals surface area (Å²) in [7, 11) is 0. The third-order valence-electron chi connectivity index (χ3n) is 5.15. The minimum Gasteiger partial charge on any atom is -0.0833 e. The summed E-state index contributed by atoms with van der Waals surface area (Å²) >= 11 is 4.01. The molecule has 1 unspecified atom stereocenters. The van der Waals surface area contributed by atoms with Crippen LogP contribution in [0.1, 0.15) is 49.4 Å². The van der Waals surface area contributed by atoms with Gasteiger partial charge in [-0.05, 0) is 41.4 Å². The predicted octanol–water partition coefficient (Wildman–Crippen LogP) is 6.76. The first-order valence-corrected chi connectivity index (χ1v) is 8.96. The van der Waals surface area contributed by atoms with Crippen LogP contribution in [-0.2, 0) is 0 Å². The van der Waals surface area contributed by atoms with E-state index in [2.05, 4.69) is 77.5 Å². The van der Waals surface area contributed by atoms with E-state index in [0.29, 0.717) is 10.2 Å². The van der Waals surface area contributed by atoms with Crippen LogP contribution in [-0.4, -0.2) is 0 Å². The van der Waals surface area contributed by atoms with Gasteiger partial charge >= 0.3 is 0 Å². The molecule has 0 saturated heterocycles. The Kier molecular flexibility index (Phi) is 4.49. The van der Waals surface area contributed by atoms with E-state index in [1.54, 1.807) is 0 Å². The van der Waals surface area contributed by atoms with Gasteiger partial charge in [-0.2, -0.15) is 0 Å². The summed E-state index contributed by atoms with van der Waals surface area (Å²) in [5, 5.41) is 0. The summed E-state index contributed by atoms with van der Waals surface area (Å²) < 4.78 is 0. The molecule has 2 aromatic rings. The van der Waals surface area contributed by atoms with Gasteiger partial charge in [0.15, 0.2) is 0 Å². The van der Waals surface area contributed by atoms with Crippen LogP contribution in [0.5, 0.6) is 0 Å². The molecule has 1 atom stereocenters. The van der Waals surface area contributed by atoms with Crippen LogP contribution < -0.4 is 0 Å². The van der Waals surface area contributed by atoms with Crippen molar-refractivity contribution in [1.82, 2.24) is 0 Å². The fourth-order valence-electron chi connectivity index (χ4n) is 3.69. The molecule has 2 aromatic carbocycles. The second kappa shape index (κ2) is 6.36. The van der Waals surface area contributed by atoms with Crippen molar-refractivity contribution < 1.29 is 0 Å². The van der Waals surface area contributed by atoms with E-state index in [1.165, 1.54) is 48.8 Å². The Morgan fingerprint density at radius 2 is 1.48 bits per heavy atom. The summed E-state index contributed by atoms with van der Waals surface area (Å²) in [6.45, 7) is 2.35. The second-order valence-corrected chi connectivity index (χ2v) is 7.19. The molecule has 0 aromatic heterocycles. The molecule has 0 spiro atoms. The summed E-state index contributed by atoms with van der Waals surface area (Å²) in [4.78, 5) is 0.488. The third-order valence-corrected chi connectivity index (χ3v) is 6.65. The van der Waals surface area contributed by atoms with Gasteiger partial charge in [0.05, 0.1) is 0 Å². The molecule has 0 bridgehead atoms. The molecule has 1 aliphatic rings. The average Bonchev–Trinajstić information content (AvgIpc) is 3.05. The van der Waals surface area contributed by atoms with E-state index in [9.17, 15) is 0 Å². The molecule has 0 radical (unpaired) electrons. The molecule has 1 aliphatic carbocycles. The number of benzene rings is 2. The molecule has 110 valence electrons. The third kappa shape index (κ3) is 2.94. The first kappa shape index (κ1) is 14.8. The predicted molar refractivity (Wildman–Crippen MR) is 94.7 cm³/mol. The van der Waals surface area contributed by atoms with E-state index in [4.69, 9.17) is 0 Å². The molecule has 0 nitrogen and oxygen atoms in total. The summed E-state index contributed by atoms with van der Waals surface area (Å²) in [6.07, 6.45) is 6.76. The molecule has 0 N–H and O–H groups in total. The zero-order valence-electron chi connectivity index (χ0n) is 12.7. The summed E-state index contributed by atoms with van der Waals surface area (Å²) in [6, 6.07) is 19.7. The van der Waals surface area contributed by atoms with E-state index < -0.39 is 0 Å². The Labute approximate surface area is 136 Å². The Hall–Kier alpha value is -1.08. The topological polar surface area (TPSA) is 0 Å². The van der Waals surface area contributed by atoms with Crippen LogP contribution in [0, 0.1) is 5.41 Å². The van der Waals surface area contributed by atoms with Crippen LogP contribution in [0.4, 0.5) is 0 Å². The molecule has 0 aliphatic heterocycles. The lowest BCUT2D eigenvalue weighted by atomic mass is 9.77. The van der Waals surface area contributed by atoms with Crippen molar-refractivity contribution in [3.8, 4) is 11.1 Å². The van der Waals surface area contributed by atoms with Gasteiger partial charge in [-0.1, -0.05) is 90.3 Å². The number of hydrogen-bond donors (Lipinski definition) is 0. The lowest BCUT2D eigenvalue weighted by Crippen LogP contribution is -2.21. The molecule has 1 fully saturated rings. The van der Waals surface area contributed by atoms with Crippen LogP contribution in [0.25, 0.3) is 11.1 Å². The monoisotopic (exact) mass is 342 g/mol. The Balaban J connectivity index is 1.84. The van der Waals surface area contributed by atoms with Gasteiger partial charge < -0.3 is 0 Å². The smallest absolute Gasteiger partial charge is 0.0451 e. The molecule has 0 amide bonds. The van der Waals surface area contributed by atoms with Gasteiger partial charge in [0, 0.05) is 4.83 Å². The quantitative estimate of drug-likeness (QED) is 0.538. The fourth-order valence-corrected chi connectivity index (χ4v) is 4.78. The molecular formula is C20H23Br. The minimum atomic E-state index is 0.467. The highest BCUT2D eigenvalue weighted by Gasteiger charge is 2.39. The lowest BCUT2D eigenvalue weighted by Gasteiger charge is -2.33. The van der Waals surface area contributed by atoms with E-state index in [-0.39, 0.29) is 0 Å². The van der Waals surface area contributed by atoms with Crippen LogP contribution >= 0.6 is 15.9 Å². The highest BCUT2D eigenvalue weighted by atomic mass is 79.9. The Morgan fingerprint density at radius 1 is 0.905 bits per heavy atom. The molecule has 3 rings (SSSR count). The van der Waals surface area contributed by atoms with Gasteiger partial charge in [0.1, 0.15) is 0 Å². The molecule has 1 heteroatoms. The highest BCUT2D eigenvalue weighted by molar-refractivity contribution is 9.09. The zero-order valence-corrected chi connectivity index (χ0v) is 14.3. The largest absolute Gasteiger partial charge is 0.0833 e. The number of hydrogen-bond acceptors (Lipinski definition) is 0. The molecule has 1 saturated carbocycles. The van der Waals surface area contributed by atoms with E-state index >= 15 is 0 Å². The van der Waals surface area contributed by atoms with Crippen molar-refractivity contribution in [3.63, 3.8) is 0 Å².